The van der Waals surface area contributed by atoms with Crippen LogP contribution in [0.15, 0.2) is 84.0 Å². The predicted molar refractivity (Wildman–Crippen MR) is 96.8 cm³/mol. The number of anilines is 1. The van der Waals surface area contributed by atoms with Crippen molar-refractivity contribution in [3.05, 3.63) is 79.0 Å². The van der Waals surface area contributed by atoms with Crippen molar-refractivity contribution in [3.63, 3.8) is 0 Å². The van der Waals surface area contributed by atoms with Crippen molar-refractivity contribution < 1.29 is 13.2 Å². The van der Waals surface area contributed by atoms with E-state index in [1.807, 2.05) is 18.2 Å². The maximum absolute atomic E-state index is 12.7. The Balaban J connectivity index is 1.70. The monoisotopic (exact) mass is 366 g/mol. The van der Waals surface area contributed by atoms with Crippen LogP contribution < -0.4 is 9.46 Å². The van der Waals surface area contributed by atoms with Crippen molar-refractivity contribution in [1.29, 1.82) is 0 Å². The van der Waals surface area contributed by atoms with E-state index in [4.69, 9.17) is 4.74 Å². The lowest BCUT2D eigenvalue weighted by molar-refractivity contribution is 0.449. The van der Waals surface area contributed by atoms with Crippen LogP contribution in [0.4, 0.5) is 5.69 Å². The third-order valence-corrected chi connectivity index (χ3v) is 4.91. The van der Waals surface area contributed by atoms with Gasteiger partial charge < -0.3 is 4.74 Å². The van der Waals surface area contributed by atoms with Crippen molar-refractivity contribution in [2.75, 3.05) is 4.72 Å². The minimum absolute atomic E-state index is 0.0742. The first-order valence-electron chi connectivity index (χ1n) is 7.77. The molecule has 0 saturated carbocycles. The molecular weight excluding hydrogens is 352 g/mol. The molecule has 0 bridgehead atoms. The van der Waals surface area contributed by atoms with E-state index in [9.17, 15) is 8.42 Å². The summed E-state index contributed by atoms with van der Waals surface area (Å²) < 4.78 is 34.8. The number of para-hydroxylation sites is 2. The Kier molecular flexibility index (Phi) is 4.02. The number of benzene rings is 2. The molecule has 1 N–H and O–H groups in total. The van der Waals surface area contributed by atoms with Crippen molar-refractivity contribution in [3.8, 4) is 11.6 Å². The van der Waals surface area contributed by atoms with E-state index < -0.39 is 10.0 Å². The van der Waals surface area contributed by atoms with E-state index in [0.717, 1.165) is 0 Å². The van der Waals surface area contributed by atoms with E-state index in [0.29, 0.717) is 17.1 Å². The Bertz CT molecular complexity index is 1140. The fourth-order valence-corrected chi connectivity index (χ4v) is 3.50. The molecule has 0 spiro atoms. The first kappa shape index (κ1) is 16.1. The summed E-state index contributed by atoms with van der Waals surface area (Å²) in [4.78, 5) is 4.10. The molecule has 7 nitrogen and oxygen atoms in total. The minimum Gasteiger partial charge on any atom is -0.438 e. The highest BCUT2D eigenvalue weighted by Gasteiger charge is 2.21. The second-order valence-electron chi connectivity index (χ2n) is 5.42. The SMILES string of the molecule is O=S(=O)(Nc1ccccc1)c1cnc2ccc(Oc3ccccc3)nn12. The standard InChI is InChI=1S/C18H14N4O3S/c23-26(24,21-14-7-3-1-4-8-14)18-13-19-16-11-12-17(20-22(16)18)25-15-9-5-2-6-10-15/h1-13,21H. The van der Waals surface area contributed by atoms with Gasteiger partial charge in [-0.25, -0.2) is 4.98 Å². The lowest BCUT2D eigenvalue weighted by Crippen LogP contribution is -2.16. The van der Waals surface area contributed by atoms with Gasteiger partial charge in [-0.3, -0.25) is 4.72 Å². The van der Waals surface area contributed by atoms with Crippen LogP contribution in [0.1, 0.15) is 0 Å². The maximum Gasteiger partial charge on any atom is 0.281 e. The number of hydrogen-bond donors (Lipinski definition) is 1. The maximum atomic E-state index is 12.7. The van der Waals surface area contributed by atoms with Gasteiger partial charge in [0.1, 0.15) is 5.75 Å². The van der Waals surface area contributed by atoms with Crippen molar-refractivity contribution in [2.24, 2.45) is 0 Å². The van der Waals surface area contributed by atoms with Gasteiger partial charge in [-0.2, -0.15) is 12.9 Å². The average Bonchev–Trinajstić information content (AvgIpc) is 3.07. The number of rotatable bonds is 5. The van der Waals surface area contributed by atoms with Crippen LogP contribution in [0.5, 0.6) is 11.6 Å². The summed E-state index contributed by atoms with van der Waals surface area (Å²) in [6.45, 7) is 0. The molecule has 0 unspecified atom stereocenters. The average molecular weight is 366 g/mol. The summed E-state index contributed by atoms with van der Waals surface area (Å²) in [6.07, 6.45) is 1.26. The summed E-state index contributed by atoms with van der Waals surface area (Å²) in [5.74, 6) is 0.865. The number of sulfonamides is 1. The molecule has 4 aromatic rings. The number of nitrogens with zero attached hydrogens (tertiary/aromatic N) is 3. The zero-order valence-electron chi connectivity index (χ0n) is 13.5. The van der Waals surface area contributed by atoms with E-state index in [2.05, 4.69) is 14.8 Å². The minimum atomic E-state index is -3.85. The van der Waals surface area contributed by atoms with Gasteiger partial charge in [0, 0.05) is 11.8 Å². The molecule has 130 valence electrons. The number of aromatic nitrogens is 3. The third kappa shape index (κ3) is 3.22. The second kappa shape index (κ2) is 6.49. The number of ether oxygens (including phenoxy) is 1. The highest BCUT2D eigenvalue weighted by Crippen LogP contribution is 2.21. The summed E-state index contributed by atoms with van der Waals surface area (Å²) in [5.41, 5.74) is 0.859. The van der Waals surface area contributed by atoms with E-state index >= 15 is 0 Å². The fraction of sp³-hybridized carbons (Fsp3) is 0. The highest BCUT2D eigenvalue weighted by molar-refractivity contribution is 7.92. The van der Waals surface area contributed by atoms with Crippen LogP contribution in [0.25, 0.3) is 5.65 Å². The van der Waals surface area contributed by atoms with Crippen LogP contribution in [0.3, 0.4) is 0 Å². The Morgan fingerprint density at radius 2 is 1.58 bits per heavy atom. The molecule has 2 aromatic heterocycles. The zero-order chi connectivity index (χ0) is 18.0. The molecule has 0 atom stereocenters. The second-order valence-corrected chi connectivity index (χ2v) is 7.05. The zero-order valence-corrected chi connectivity index (χ0v) is 14.3. The molecule has 0 amide bonds. The van der Waals surface area contributed by atoms with Crippen molar-refractivity contribution in [2.45, 2.75) is 5.03 Å². The quantitative estimate of drug-likeness (QED) is 0.586. The third-order valence-electron chi connectivity index (χ3n) is 3.57. The molecule has 8 heteroatoms. The van der Waals surface area contributed by atoms with Gasteiger partial charge in [0.25, 0.3) is 10.0 Å². The molecule has 0 saturated heterocycles. The fourth-order valence-electron chi connectivity index (χ4n) is 2.40. The highest BCUT2D eigenvalue weighted by atomic mass is 32.2. The normalized spacial score (nSPS) is 11.4. The number of hydrogen-bond acceptors (Lipinski definition) is 5. The Hall–Kier alpha value is -3.39. The molecule has 2 aromatic carbocycles. The van der Waals surface area contributed by atoms with Crippen molar-refractivity contribution in [1.82, 2.24) is 14.6 Å². The van der Waals surface area contributed by atoms with Gasteiger partial charge in [-0.1, -0.05) is 36.4 Å². The molecule has 4 rings (SSSR count). The largest absolute Gasteiger partial charge is 0.438 e. The van der Waals surface area contributed by atoms with Crippen LogP contribution in [-0.2, 0) is 10.0 Å². The molecule has 2 heterocycles. The molecule has 0 aliphatic carbocycles. The molecule has 0 radical (unpaired) electrons. The summed E-state index contributed by atoms with van der Waals surface area (Å²) in [7, 11) is -3.85. The molecule has 0 fully saturated rings. The number of fused-ring (bicyclic) bond motifs is 1. The number of nitrogens with one attached hydrogen (secondary N) is 1. The van der Waals surface area contributed by atoms with Crippen LogP contribution in [0, 0.1) is 0 Å². The van der Waals surface area contributed by atoms with Crippen LogP contribution in [-0.4, -0.2) is 23.0 Å². The smallest absolute Gasteiger partial charge is 0.281 e. The molecule has 26 heavy (non-hydrogen) atoms. The van der Waals surface area contributed by atoms with Gasteiger partial charge in [0.15, 0.2) is 10.7 Å². The van der Waals surface area contributed by atoms with Crippen molar-refractivity contribution >= 4 is 21.4 Å². The Morgan fingerprint density at radius 3 is 2.31 bits per heavy atom. The number of imidazole rings is 1. The first-order valence-corrected chi connectivity index (χ1v) is 9.26. The summed E-state index contributed by atoms with van der Waals surface area (Å²) in [6, 6.07) is 21.0. The van der Waals surface area contributed by atoms with Gasteiger partial charge in [-0.05, 0) is 30.3 Å². The van der Waals surface area contributed by atoms with Gasteiger partial charge in [-0.15, -0.1) is 5.10 Å². The van der Waals surface area contributed by atoms with Gasteiger partial charge >= 0.3 is 0 Å². The molecule has 0 aliphatic heterocycles. The van der Waals surface area contributed by atoms with E-state index in [-0.39, 0.29) is 10.9 Å². The first-order chi connectivity index (χ1) is 12.6. The van der Waals surface area contributed by atoms with Gasteiger partial charge in [0.2, 0.25) is 5.88 Å². The predicted octanol–water partition coefficient (Wildman–Crippen LogP) is 3.32. The Morgan fingerprint density at radius 1 is 0.885 bits per heavy atom. The lowest BCUT2D eigenvalue weighted by Gasteiger charge is -2.08. The lowest BCUT2D eigenvalue weighted by atomic mass is 10.3. The van der Waals surface area contributed by atoms with Crippen LogP contribution >= 0.6 is 0 Å². The van der Waals surface area contributed by atoms with E-state index in [1.165, 1.54) is 10.7 Å². The van der Waals surface area contributed by atoms with Crippen LogP contribution in [0.2, 0.25) is 0 Å². The summed E-state index contributed by atoms with van der Waals surface area (Å²) in [5, 5.41) is 4.18. The van der Waals surface area contributed by atoms with Gasteiger partial charge in [0.05, 0.1) is 6.20 Å². The molecule has 0 aliphatic rings. The Labute approximate surface area is 149 Å². The molecular formula is C18H14N4O3S. The summed E-state index contributed by atoms with van der Waals surface area (Å²) >= 11 is 0. The topological polar surface area (TPSA) is 85.6 Å². The van der Waals surface area contributed by atoms with E-state index in [1.54, 1.807) is 54.6 Å².